The Labute approximate surface area is 122 Å². The third-order valence-electron chi connectivity index (χ3n) is 3.23. The van der Waals surface area contributed by atoms with Gasteiger partial charge >= 0.3 is 0 Å². The number of carbonyl (C=O) groups is 1. The van der Waals surface area contributed by atoms with Crippen LogP contribution in [0.15, 0.2) is 48.5 Å². The van der Waals surface area contributed by atoms with Crippen molar-refractivity contribution in [2.45, 2.75) is 6.10 Å². The van der Waals surface area contributed by atoms with E-state index in [-0.39, 0.29) is 12.0 Å². The third kappa shape index (κ3) is 3.08. The van der Waals surface area contributed by atoms with Crippen LogP contribution in [0.5, 0.6) is 11.5 Å². The molecule has 0 saturated carbocycles. The first-order valence-electron chi connectivity index (χ1n) is 6.74. The molecule has 1 atom stereocenters. The van der Waals surface area contributed by atoms with Gasteiger partial charge in [-0.15, -0.1) is 0 Å². The molecule has 1 heterocycles. The Morgan fingerprint density at radius 3 is 2.62 bits per heavy atom. The maximum Gasteiger partial charge on any atom is 0.251 e. The van der Waals surface area contributed by atoms with Crippen molar-refractivity contribution >= 4 is 11.6 Å². The molecule has 0 unspecified atom stereocenters. The zero-order valence-corrected chi connectivity index (χ0v) is 11.4. The molecule has 0 aliphatic carbocycles. The van der Waals surface area contributed by atoms with Crippen LogP contribution < -0.4 is 20.5 Å². The number of para-hydroxylation sites is 2. The number of carbonyl (C=O) groups excluding carboxylic acids is 1. The number of nitrogen functional groups attached to an aromatic ring is 1. The molecule has 108 valence electrons. The number of benzene rings is 2. The highest BCUT2D eigenvalue weighted by molar-refractivity contribution is 5.94. The van der Waals surface area contributed by atoms with Crippen molar-refractivity contribution in [2.75, 3.05) is 18.9 Å². The van der Waals surface area contributed by atoms with Crippen molar-refractivity contribution in [1.29, 1.82) is 0 Å². The van der Waals surface area contributed by atoms with Gasteiger partial charge in [0.05, 0.1) is 6.54 Å². The summed E-state index contributed by atoms with van der Waals surface area (Å²) in [6.45, 7) is 0.802. The molecule has 0 aromatic heterocycles. The first-order valence-corrected chi connectivity index (χ1v) is 6.74. The molecule has 21 heavy (non-hydrogen) atoms. The number of hydrogen-bond acceptors (Lipinski definition) is 4. The molecule has 0 saturated heterocycles. The monoisotopic (exact) mass is 284 g/mol. The Morgan fingerprint density at radius 2 is 1.86 bits per heavy atom. The van der Waals surface area contributed by atoms with E-state index in [1.54, 1.807) is 24.3 Å². The SMILES string of the molecule is Nc1ccc(C(=O)NC[C@@H]2COc3ccccc3O2)cc1. The van der Waals surface area contributed by atoms with E-state index in [1.807, 2.05) is 24.3 Å². The second-order valence-electron chi connectivity index (χ2n) is 4.83. The molecule has 3 N–H and O–H groups in total. The molecule has 5 heteroatoms. The highest BCUT2D eigenvalue weighted by Gasteiger charge is 2.21. The number of amides is 1. The molecule has 2 aromatic rings. The van der Waals surface area contributed by atoms with E-state index in [2.05, 4.69) is 5.32 Å². The Hall–Kier alpha value is -2.69. The zero-order valence-electron chi connectivity index (χ0n) is 11.4. The molecule has 2 aromatic carbocycles. The number of hydrogen-bond donors (Lipinski definition) is 2. The minimum atomic E-state index is -0.197. The van der Waals surface area contributed by atoms with Gasteiger partial charge in [-0.3, -0.25) is 4.79 Å². The van der Waals surface area contributed by atoms with Crippen LogP contribution in [-0.2, 0) is 0 Å². The predicted octanol–water partition coefficient (Wildman–Crippen LogP) is 1.84. The van der Waals surface area contributed by atoms with Gasteiger partial charge in [-0.1, -0.05) is 12.1 Å². The summed E-state index contributed by atoms with van der Waals surface area (Å²) in [5.41, 5.74) is 6.80. The first-order chi connectivity index (χ1) is 10.2. The van der Waals surface area contributed by atoms with Crippen molar-refractivity contribution < 1.29 is 14.3 Å². The van der Waals surface area contributed by atoms with Gasteiger partial charge in [0.1, 0.15) is 12.7 Å². The molecule has 1 amide bonds. The summed E-state index contributed by atoms with van der Waals surface area (Å²) in [5.74, 6) is 1.28. The van der Waals surface area contributed by atoms with E-state index in [1.165, 1.54) is 0 Å². The summed E-state index contributed by atoms with van der Waals surface area (Å²) in [5, 5.41) is 2.83. The van der Waals surface area contributed by atoms with Crippen LogP contribution in [0.25, 0.3) is 0 Å². The number of nitrogens with one attached hydrogen (secondary N) is 1. The van der Waals surface area contributed by atoms with Gasteiger partial charge in [-0.25, -0.2) is 0 Å². The fraction of sp³-hybridized carbons (Fsp3) is 0.188. The van der Waals surface area contributed by atoms with Crippen molar-refractivity contribution in [3.63, 3.8) is 0 Å². The average molecular weight is 284 g/mol. The van der Waals surface area contributed by atoms with Crippen molar-refractivity contribution in [3.05, 3.63) is 54.1 Å². The zero-order chi connectivity index (χ0) is 14.7. The quantitative estimate of drug-likeness (QED) is 0.843. The van der Waals surface area contributed by atoms with Crippen LogP contribution in [0.2, 0.25) is 0 Å². The Kier molecular flexibility index (Phi) is 3.64. The van der Waals surface area contributed by atoms with Gasteiger partial charge in [0, 0.05) is 11.3 Å². The average Bonchev–Trinajstić information content (AvgIpc) is 2.53. The van der Waals surface area contributed by atoms with Gasteiger partial charge < -0.3 is 20.5 Å². The maximum absolute atomic E-state index is 12.0. The van der Waals surface area contributed by atoms with E-state index >= 15 is 0 Å². The molecule has 1 aliphatic rings. The van der Waals surface area contributed by atoms with Crippen LogP contribution in [0.3, 0.4) is 0 Å². The topological polar surface area (TPSA) is 73.6 Å². The van der Waals surface area contributed by atoms with E-state index in [4.69, 9.17) is 15.2 Å². The second-order valence-corrected chi connectivity index (χ2v) is 4.83. The Bertz CT molecular complexity index is 640. The van der Waals surface area contributed by atoms with Gasteiger partial charge in [0.2, 0.25) is 0 Å². The minimum absolute atomic E-state index is 0.155. The number of anilines is 1. The highest BCUT2D eigenvalue weighted by atomic mass is 16.6. The lowest BCUT2D eigenvalue weighted by molar-refractivity contribution is 0.0789. The van der Waals surface area contributed by atoms with Crippen LogP contribution >= 0.6 is 0 Å². The molecule has 0 radical (unpaired) electrons. The lowest BCUT2D eigenvalue weighted by atomic mass is 10.2. The highest BCUT2D eigenvalue weighted by Crippen LogP contribution is 2.30. The fourth-order valence-electron chi connectivity index (χ4n) is 2.11. The van der Waals surface area contributed by atoms with Gasteiger partial charge in [-0.05, 0) is 36.4 Å². The number of fused-ring (bicyclic) bond motifs is 1. The standard InChI is InChI=1S/C16H16N2O3/c17-12-7-5-11(6-8-12)16(19)18-9-13-10-20-14-3-1-2-4-15(14)21-13/h1-8,13H,9-10,17H2,(H,18,19)/t13-/m1/s1. The normalized spacial score (nSPS) is 16.3. The van der Waals surface area contributed by atoms with Gasteiger partial charge in [-0.2, -0.15) is 0 Å². The minimum Gasteiger partial charge on any atom is -0.486 e. The number of nitrogens with two attached hydrogens (primary N) is 1. The molecular weight excluding hydrogens is 268 g/mol. The molecule has 0 fully saturated rings. The lowest BCUT2D eigenvalue weighted by Crippen LogP contribution is -2.40. The van der Waals surface area contributed by atoms with E-state index < -0.39 is 0 Å². The summed E-state index contributed by atoms with van der Waals surface area (Å²) in [6, 6.07) is 14.3. The van der Waals surface area contributed by atoms with Gasteiger partial charge in [0.15, 0.2) is 11.5 Å². The summed E-state index contributed by atoms with van der Waals surface area (Å²) >= 11 is 0. The molecule has 0 spiro atoms. The second kappa shape index (κ2) is 5.75. The lowest BCUT2D eigenvalue weighted by Gasteiger charge is -2.26. The first kappa shape index (κ1) is 13.3. The van der Waals surface area contributed by atoms with Crippen LogP contribution in [0, 0.1) is 0 Å². The fourth-order valence-corrected chi connectivity index (χ4v) is 2.11. The van der Waals surface area contributed by atoms with Crippen LogP contribution in [0.4, 0.5) is 5.69 Å². The Balaban J connectivity index is 1.56. The summed E-state index contributed by atoms with van der Waals surface area (Å²) < 4.78 is 11.4. The Morgan fingerprint density at radius 1 is 1.14 bits per heavy atom. The maximum atomic E-state index is 12.0. The van der Waals surface area contributed by atoms with E-state index in [9.17, 15) is 4.79 Å². The molecule has 0 bridgehead atoms. The number of rotatable bonds is 3. The predicted molar refractivity (Wildman–Crippen MR) is 79.5 cm³/mol. The molecule has 5 nitrogen and oxygen atoms in total. The number of ether oxygens (including phenoxy) is 2. The van der Waals surface area contributed by atoms with E-state index in [0.29, 0.717) is 30.2 Å². The molecular formula is C16H16N2O3. The van der Waals surface area contributed by atoms with Gasteiger partial charge in [0.25, 0.3) is 5.91 Å². The van der Waals surface area contributed by atoms with Crippen molar-refractivity contribution in [2.24, 2.45) is 0 Å². The summed E-state index contributed by atoms with van der Waals surface area (Å²) in [7, 11) is 0. The third-order valence-corrected chi connectivity index (χ3v) is 3.23. The summed E-state index contributed by atoms with van der Waals surface area (Å²) in [6.07, 6.45) is -0.197. The van der Waals surface area contributed by atoms with Crippen LogP contribution in [0.1, 0.15) is 10.4 Å². The van der Waals surface area contributed by atoms with Crippen LogP contribution in [-0.4, -0.2) is 25.2 Å². The molecule has 3 rings (SSSR count). The van der Waals surface area contributed by atoms with E-state index in [0.717, 1.165) is 5.75 Å². The molecule has 1 aliphatic heterocycles. The van der Waals surface area contributed by atoms with Crippen molar-refractivity contribution in [3.8, 4) is 11.5 Å². The smallest absolute Gasteiger partial charge is 0.251 e. The summed E-state index contributed by atoms with van der Waals surface area (Å²) in [4.78, 5) is 12.0. The largest absolute Gasteiger partial charge is 0.486 e. The van der Waals surface area contributed by atoms with Crippen molar-refractivity contribution in [1.82, 2.24) is 5.32 Å².